The third-order valence-corrected chi connectivity index (χ3v) is 6.52. The number of rotatable bonds is 6. The lowest BCUT2D eigenvalue weighted by atomic mass is 9.99. The number of nitrogens with one attached hydrogen (secondary N) is 1. The van der Waals surface area contributed by atoms with Gasteiger partial charge in [-0.3, -0.25) is 9.59 Å². The molecular formula is C20H21N7O3S. The zero-order valence-electron chi connectivity index (χ0n) is 16.9. The zero-order chi connectivity index (χ0) is 21.4. The Labute approximate surface area is 182 Å². The summed E-state index contributed by atoms with van der Waals surface area (Å²) in [5.41, 5.74) is 0.751. The van der Waals surface area contributed by atoms with E-state index in [-0.39, 0.29) is 23.7 Å². The number of carbonyl (C=O) groups is 2. The molecule has 1 unspecified atom stereocenters. The fraction of sp³-hybridized carbons (Fsp3) is 0.400. The first-order valence-electron chi connectivity index (χ1n) is 10.2. The Morgan fingerprint density at radius 1 is 1.29 bits per heavy atom. The molecule has 1 atom stereocenters. The Morgan fingerprint density at radius 2 is 2.13 bits per heavy atom. The van der Waals surface area contributed by atoms with E-state index in [9.17, 15) is 9.59 Å². The molecule has 5 rings (SSSR count). The van der Waals surface area contributed by atoms with Gasteiger partial charge >= 0.3 is 5.97 Å². The van der Waals surface area contributed by atoms with E-state index in [4.69, 9.17) is 4.74 Å². The fourth-order valence-electron chi connectivity index (χ4n) is 3.83. The molecule has 1 amide bonds. The van der Waals surface area contributed by atoms with Crippen LogP contribution >= 0.6 is 11.3 Å². The lowest BCUT2D eigenvalue weighted by molar-refractivity contribution is -0.145. The Morgan fingerprint density at radius 3 is 2.90 bits per heavy atom. The standard InChI is InChI=1S/C20H21N7O3S/c1-2-30-19(29)13-4-5-14-17(13)24-20(31-14)25-18(28)12-9-26(10-12)15-8-16(22-11-21-15)27-7-3-6-23-27/h3,6-8,11-13H,2,4-5,9-10H2,1H3,(H,24,25,28). The van der Waals surface area contributed by atoms with Crippen LogP contribution in [0.15, 0.2) is 30.9 Å². The van der Waals surface area contributed by atoms with Gasteiger partial charge in [0.2, 0.25) is 5.91 Å². The smallest absolute Gasteiger partial charge is 0.315 e. The van der Waals surface area contributed by atoms with E-state index < -0.39 is 0 Å². The van der Waals surface area contributed by atoms with Gasteiger partial charge in [-0.15, -0.1) is 11.3 Å². The normalized spacial score (nSPS) is 17.8. The molecular weight excluding hydrogens is 418 g/mol. The molecule has 11 heteroatoms. The van der Waals surface area contributed by atoms with Gasteiger partial charge in [-0.25, -0.2) is 19.6 Å². The van der Waals surface area contributed by atoms with E-state index >= 15 is 0 Å². The van der Waals surface area contributed by atoms with Gasteiger partial charge in [0.25, 0.3) is 0 Å². The maximum Gasteiger partial charge on any atom is 0.315 e. The Bertz CT molecular complexity index is 1110. The second kappa shape index (κ2) is 8.06. The van der Waals surface area contributed by atoms with Crippen molar-refractivity contribution in [2.24, 2.45) is 5.92 Å². The maximum absolute atomic E-state index is 12.7. The van der Waals surface area contributed by atoms with Gasteiger partial charge in [-0.05, 0) is 25.8 Å². The van der Waals surface area contributed by atoms with Crippen LogP contribution < -0.4 is 10.2 Å². The minimum Gasteiger partial charge on any atom is -0.465 e. The Balaban J connectivity index is 1.19. The number of aromatic nitrogens is 5. The molecule has 4 heterocycles. The van der Waals surface area contributed by atoms with Crippen molar-refractivity contribution in [2.75, 3.05) is 29.9 Å². The summed E-state index contributed by atoms with van der Waals surface area (Å²) in [6, 6.07) is 3.68. The molecule has 1 aliphatic heterocycles. The van der Waals surface area contributed by atoms with Crippen LogP contribution in [0.5, 0.6) is 0 Å². The first kappa shape index (κ1) is 19.6. The van der Waals surface area contributed by atoms with Crippen molar-refractivity contribution in [3.05, 3.63) is 41.4 Å². The van der Waals surface area contributed by atoms with Gasteiger partial charge in [0.1, 0.15) is 18.1 Å². The van der Waals surface area contributed by atoms with Crippen molar-refractivity contribution >= 4 is 34.2 Å². The maximum atomic E-state index is 12.7. The monoisotopic (exact) mass is 439 g/mol. The number of ether oxygens (including phenoxy) is 1. The number of carbonyl (C=O) groups excluding carboxylic acids is 2. The highest BCUT2D eigenvalue weighted by Gasteiger charge is 2.36. The van der Waals surface area contributed by atoms with Crippen LogP contribution in [0.4, 0.5) is 10.9 Å². The lowest BCUT2D eigenvalue weighted by Gasteiger charge is -2.38. The largest absolute Gasteiger partial charge is 0.465 e. The molecule has 1 aliphatic carbocycles. The van der Waals surface area contributed by atoms with Crippen molar-refractivity contribution in [3.63, 3.8) is 0 Å². The first-order valence-corrected chi connectivity index (χ1v) is 11.0. The molecule has 1 fully saturated rings. The number of nitrogens with zero attached hydrogens (tertiary/aromatic N) is 6. The molecule has 3 aromatic rings. The van der Waals surface area contributed by atoms with Crippen LogP contribution in [0.1, 0.15) is 29.8 Å². The van der Waals surface area contributed by atoms with Gasteiger partial charge in [-0.1, -0.05) is 0 Å². The lowest BCUT2D eigenvalue weighted by Crippen LogP contribution is -2.52. The first-order chi connectivity index (χ1) is 15.1. The van der Waals surface area contributed by atoms with Gasteiger partial charge in [-0.2, -0.15) is 5.10 Å². The summed E-state index contributed by atoms with van der Waals surface area (Å²) in [5, 5.41) is 7.64. The minimum absolute atomic E-state index is 0.0716. The van der Waals surface area contributed by atoms with E-state index in [1.165, 1.54) is 17.7 Å². The van der Waals surface area contributed by atoms with Crippen molar-refractivity contribution < 1.29 is 14.3 Å². The predicted octanol–water partition coefficient (Wildman–Crippen LogP) is 1.79. The van der Waals surface area contributed by atoms with Crippen molar-refractivity contribution in [1.29, 1.82) is 0 Å². The number of hydrogen-bond acceptors (Lipinski definition) is 9. The summed E-state index contributed by atoms with van der Waals surface area (Å²) >= 11 is 1.44. The van der Waals surface area contributed by atoms with E-state index in [1.54, 1.807) is 17.8 Å². The molecule has 0 saturated carbocycles. The SMILES string of the molecule is CCOC(=O)C1CCc2sc(NC(=O)C3CN(c4cc(-n5cccn5)ncn4)C3)nc21. The molecule has 31 heavy (non-hydrogen) atoms. The molecule has 0 aromatic carbocycles. The third-order valence-electron chi connectivity index (χ3n) is 5.47. The number of fused-ring (bicyclic) bond motifs is 1. The molecule has 0 bridgehead atoms. The van der Waals surface area contributed by atoms with Crippen LogP contribution in [0, 0.1) is 5.92 Å². The predicted molar refractivity (Wildman–Crippen MR) is 113 cm³/mol. The Kier molecular flexibility index (Phi) is 5.10. The topological polar surface area (TPSA) is 115 Å². The molecule has 10 nitrogen and oxygen atoms in total. The number of thiazole rings is 1. The van der Waals surface area contributed by atoms with Crippen molar-refractivity contribution in [3.8, 4) is 5.82 Å². The highest BCUT2D eigenvalue weighted by molar-refractivity contribution is 7.16. The molecule has 0 radical (unpaired) electrons. The number of esters is 1. The average molecular weight is 440 g/mol. The highest BCUT2D eigenvalue weighted by atomic mass is 32.1. The van der Waals surface area contributed by atoms with Crippen LogP contribution in [0.25, 0.3) is 5.82 Å². The summed E-state index contributed by atoms with van der Waals surface area (Å²) in [4.78, 5) is 40.9. The summed E-state index contributed by atoms with van der Waals surface area (Å²) < 4.78 is 6.81. The molecule has 0 spiro atoms. The van der Waals surface area contributed by atoms with E-state index in [2.05, 4.69) is 25.4 Å². The fourth-order valence-corrected chi connectivity index (χ4v) is 4.87. The van der Waals surface area contributed by atoms with Crippen LogP contribution in [-0.4, -0.2) is 56.3 Å². The Hall–Kier alpha value is -3.34. The summed E-state index contributed by atoms with van der Waals surface area (Å²) in [7, 11) is 0. The minimum atomic E-state index is -0.321. The van der Waals surface area contributed by atoms with Gasteiger partial charge in [0.05, 0.1) is 18.2 Å². The average Bonchev–Trinajstić information content (AvgIpc) is 3.44. The van der Waals surface area contributed by atoms with Crippen LogP contribution in [-0.2, 0) is 20.7 Å². The second-order valence-corrected chi connectivity index (χ2v) is 8.53. The molecule has 1 saturated heterocycles. The van der Waals surface area contributed by atoms with Crippen molar-refractivity contribution in [1.82, 2.24) is 24.7 Å². The zero-order valence-corrected chi connectivity index (χ0v) is 17.7. The number of aryl methyl sites for hydroxylation is 1. The molecule has 3 aromatic heterocycles. The molecule has 2 aliphatic rings. The van der Waals surface area contributed by atoms with Gasteiger partial charge in [0, 0.05) is 36.4 Å². The van der Waals surface area contributed by atoms with Crippen molar-refractivity contribution in [2.45, 2.75) is 25.7 Å². The summed E-state index contributed by atoms with van der Waals surface area (Å²) in [5.74, 6) is 0.656. The van der Waals surface area contributed by atoms with Gasteiger partial charge < -0.3 is 15.0 Å². The highest BCUT2D eigenvalue weighted by Crippen LogP contribution is 2.39. The van der Waals surface area contributed by atoms with Gasteiger partial charge in [0.15, 0.2) is 10.9 Å². The quantitative estimate of drug-likeness (QED) is 0.578. The van der Waals surface area contributed by atoms with E-state index in [1.807, 2.05) is 23.2 Å². The van der Waals surface area contributed by atoms with E-state index in [0.29, 0.717) is 30.6 Å². The summed E-state index contributed by atoms with van der Waals surface area (Å²) in [6.45, 7) is 3.28. The van der Waals surface area contributed by atoms with Crippen LogP contribution in [0.3, 0.4) is 0 Å². The number of hydrogen-bond donors (Lipinski definition) is 1. The van der Waals surface area contributed by atoms with E-state index in [0.717, 1.165) is 29.2 Å². The number of anilines is 2. The molecule has 1 N–H and O–H groups in total. The summed E-state index contributed by atoms with van der Waals surface area (Å²) in [6.07, 6.45) is 6.51. The molecule has 160 valence electrons. The number of amides is 1. The second-order valence-electron chi connectivity index (χ2n) is 7.45. The van der Waals surface area contributed by atoms with Crippen LogP contribution in [0.2, 0.25) is 0 Å². The third kappa shape index (κ3) is 3.76.